The summed E-state index contributed by atoms with van der Waals surface area (Å²) in [6.07, 6.45) is -1.22. The van der Waals surface area contributed by atoms with Crippen molar-refractivity contribution in [3.8, 4) is 0 Å². The zero-order chi connectivity index (χ0) is 19.4. The van der Waals surface area contributed by atoms with Crippen molar-refractivity contribution in [2.75, 3.05) is 7.11 Å². The van der Waals surface area contributed by atoms with Crippen LogP contribution in [0.15, 0.2) is 54.6 Å². The Labute approximate surface area is 161 Å². The minimum atomic E-state index is -1.49. The van der Waals surface area contributed by atoms with Crippen LogP contribution in [-0.4, -0.2) is 41.2 Å². The summed E-state index contributed by atoms with van der Waals surface area (Å²) in [5, 5.41) is 14.4. The van der Waals surface area contributed by atoms with E-state index in [2.05, 4.69) is 15.0 Å². The molecule has 0 aliphatic rings. The first-order valence-corrected chi connectivity index (χ1v) is 8.74. The Kier molecular flexibility index (Phi) is 5.78. The van der Waals surface area contributed by atoms with Crippen molar-refractivity contribution in [3.63, 3.8) is 0 Å². The lowest BCUT2D eigenvalue weighted by Crippen LogP contribution is -2.48. The summed E-state index contributed by atoms with van der Waals surface area (Å²) in [6, 6.07) is 15.3. The Hall–Kier alpha value is -2.83. The van der Waals surface area contributed by atoms with Gasteiger partial charge in [-0.1, -0.05) is 41.9 Å². The summed E-state index contributed by atoms with van der Waals surface area (Å²) < 4.78 is 4.62. The maximum Gasteiger partial charge on any atom is 0.336 e. The van der Waals surface area contributed by atoms with E-state index < -0.39 is 24.0 Å². The smallest absolute Gasteiger partial charge is 0.336 e. The van der Waals surface area contributed by atoms with Gasteiger partial charge in [-0.15, -0.1) is 0 Å². The van der Waals surface area contributed by atoms with Crippen LogP contribution in [0.4, 0.5) is 0 Å². The van der Waals surface area contributed by atoms with Gasteiger partial charge in [0.2, 0.25) is 0 Å². The Bertz CT molecular complexity index is 955. The number of hydrogen-bond donors (Lipinski definition) is 3. The molecule has 6 nitrogen and oxygen atoms in total. The number of carbonyl (C=O) groups excluding carboxylic acids is 2. The van der Waals surface area contributed by atoms with E-state index in [4.69, 9.17) is 11.6 Å². The Morgan fingerprint density at radius 3 is 2.63 bits per heavy atom. The molecule has 140 valence electrons. The third-order valence-electron chi connectivity index (χ3n) is 4.27. The highest BCUT2D eigenvalue weighted by atomic mass is 35.5. The van der Waals surface area contributed by atoms with Gasteiger partial charge in [-0.3, -0.25) is 4.79 Å². The van der Waals surface area contributed by atoms with Gasteiger partial charge in [0, 0.05) is 15.9 Å². The Morgan fingerprint density at radius 1 is 1.19 bits per heavy atom. The van der Waals surface area contributed by atoms with Gasteiger partial charge in [-0.2, -0.15) is 0 Å². The number of carbonyl (C=O) groups is 2. The molecule has 0 bridgehead atoms. The zero-order valence-corrected chi connectivity index (χ0v) is 15.4. The molecule has 0 spiro atoms. The molecule has 3 aromatic rings. The summed E-state index contributed by atoms with van der Waals surface area (Å²) in [5.41, 5.74) is 1.94. The SMILES string of the molecule is COC(=O)[C@@H](O)[C@@H](Cc1ccccc1)NC(=O)c1cc2cc(Cl)ccc2[nH]1. The number of halogens is 1. The molecular weight excluding hydrogens is 368 g/mol. The van der Waals surface area contributed by atoms with Gasteiger partial charge >= 0.3 is 5.97 Å². The van der Waals surface area contributed by atoms with Crippen LogP contribution in [0.5, 0.6) is 0 Å². The standard InChI is InChI=1S/C20H19ClN2O4/c1-27-20(26)18(24)16(9-12-5-3-2-4-6-12)23-19(25)17-11-13-10-14(21)7-8-15(13)22-17/h2-8,10-11,16,18,22,24H,9H2,1H3,(H,23,25)/t16-,18+/m1/s1. The summed E-state index contributed by atoms with van der Waals surface area (Å²) in [6.45, 7) is 0. The van der Waals surface area contributed by atoms with Crippen molar-refractivity contribution in [1.82, 2.24) is 10.3 Å². The first kappa shape index (κ1) is 18.9. The molecule has 1 amide bonds. The number of amides is 1. The summed E-state index contributed by atoms with van der Waals surface area (Å²) in [7, 11) is 1.19. The molecule has 27 heavy (non-hydrogen) atoms. The van der Waals surface area contributed by atoms with Crippen LogP contribution in [0.1, 0.15) is 16.1 Å². The van der Waals surface area contributed by atoms with Gasteiger partial charge in [-0.05, 0) is 36.2 Å². The number of aliphatic hydroxyl groups excluding tert-OH is 1. The number of aliphatic hydroxyl groups is 1. The summed E-state index contributed by atoms with van der Waals surface area (Å²) in [5.74, 6) is -1.24. The van der Waals surface area contributed by atoms with Crippen molar-refractivity contribution in [1.29, 1.82) is 0 Å². The van der Waals surface area contributed by atoms with E-state index in [1.807, 2.05) is 30.3 Å². The van der Waals surface area contributed by atoms with Crippen LogP contribution in [0.3, 0.4) is 0 Å². The summed E-state index contributed by atoms with van der Waals surface area (Å²) >= 11 is 5.98. The second-order valence-corrected chi connectivity index (χ2v) is 6.59. The quantitative estimate of drug-likeness (QED) is 0.568. The molecule has 2 atom stereocenters. The van der Waals surface area contributed by atoms with E-state index >= 15 is 0 Å². The predicted octanol–water partition coefficient (Wildman–Crippen LogP) is 2.70. The number of aromatic amines is 1. The second-order valence-electron chi connectivity index (χ2n) is 6.15. The lowest BCUT2D eigenvalue weighted by molar-refractivity contribution is -0.151. The minimum Gasteiger partial charge on any atom is -0.467 e. The van der Waals surface area contributed by atoms with E-state index in [-0.39, 0.29) is 6.42 Å². The molecule has 0 radical (unpaired) electrons. The Morgan fingerprint density at radius 2 is 1.93 bits per heavy atom. The zero-order valence-electron chi connectivity index (χ0n) is 14.6. The number of aromatic nitrogens is 1. The average Bonchev–Trinajstić information content (AvgIpc) is 3.10. The molecule has 0 aliphatic heterocycles. The van der Waals surface area contributed by atoms with E-state index in [1.165, 1.54) is 7.11 Å². The largest absolute Gasteiger partial charge is 0.467 e. The molecule has 3 rings (SSSR count). The van der Waals surface area contributed by atoms with Gasteiger partial charge in [0.25, 0.3) is 5.91 Å². The maximum atomic E-state index is 12.7. The minimum absolute atomic E-state index is 0.273. The normalized spacial score (nSPS) is 13.1. The fourth-order valence-corrected chi connectivity index (χ4v) is 3.05. The molecule has 0 unspecified atom stereocenters. The number of hydrogen-bond acceptors (Lipinski definition) is 4. The van der Waals surface area contributed by atoms with Gasteiger partial charge in [0.1, 0.15) is 5.69 Å². The number of esters is 1. The van der Waals surface area contributed by atoms with Crippen molar-refractivity contribution >= 4 is 34.4 Å². The van der Waals surface area contributed by atoms with Gasteiger partial charge < -0.3 is 20.1 Å². The van der Waals surface area contributed by atoms with Gasteiger partial charge in [0.05, 0.1) is 13.2 Å². The predicted molar refractivity (Wildman–Crippen MR) is 103 cm³/mol. The summed E-state index contributed by atoms with van der Waals surface area (Å²) in [4.78, 5) is 27.5. The molecule has 0 aliphatic carbocycles. The molecule has 1 aromatic heterocycles. The third-order valence-corrected chi connectivity index (χ3v) is 4.50. The van der Waals surface area contributed by atoms with Crippen LogP contribution in [0, 0.1) is 0 Å². The van der Waals surface area contributed by atoms with Crippen LogP contribution in [-0.2, 0) is 16.0 Å². The highest BCUT2D eigenvalue weighted by Gasteiger charge is 2.29. The van der Waals surface area contributed by atoms with Crippen molar-refractivity contribution in [2.24, 2.45) is 0 Å². The van der Waals surface area contributed by atoms with Crippen molar-refractivity contribution in [3.05, 3.63) is 70.9 Å². The van der Waals surface area contributed by atoms with Crippen molar-refractivity contribution < 1.29 is 19.4 Å². The lowest BCUT2D eigenvalue weighted by atomic mass is 10.0. The highest BCUT2D eigenvalue weighted by molar-refractivity contribution is 6.31. The maximum absolute atomic E-state index is 12.7. The third kappa shape index (κ3) is 4.48. The van der Waals surface area contributed by atoms with E-state index in [1.54, 1.807) is 24.3 Å². The second kappa shape index (κ2) is 8.24. The van der Waals surface area contributed by atoms with E-state index in [0.717, 1.165) is 16.5 Å². The average molecular weight is 387 g/mol. The van der Waals surface area contributed by atoms with E-state index in [0.29, 0.717) is 10.7 Å². The number of ether oxygens (including phenoxy) is 1. The van der Waals surface area contributed by atoms with Crippen LogP contribution < -0.4 is 5.32 Å². The molecule has 2 aromatic carbocycles. The first-order chi connectivity index (χ1) is 13.0. The number of methoxy groups -OCH3 is 1. The lowest BCUT2D eigenvalue weighted by Gasteiger charge is -2.22. The molecule has 7 heteroatoms. The van der Waals surface area contributed by atoms with Gasteiger partial charge in [-0.25, -0.2) is 4.79 Å². The molecule has 0 fully saturated rings. The fraction of sp³-hybridized carbons (Fsp3) is 0.200. The number of rotatable bonds is 6. The topological polar surface area (TPSA) is 91.4 Å². The van der Waals surface area contributed by atoms with Gasteiger partial charge in [0.15, 0.2) is 6.10 Å². The van der Waals surface area contributed by atoms with Crippen LogP contribution in [0.2, 0.25) is 5.02 Å². The molecule has 0 saturated carbocycles. The Balaban J connectivity index is 1.82. The molecular formula is C20H19ClN2O4. The van der Waals surface area contributed by atoms with Crippen LogP contribution in [0.25, 0.3) is 10.9 Å². The first-order valence-electron chi connectivity index (χ1n) is 8.37. The van der Waals surface area contributed by atoms with Crippen LogP contribution >= 0.6 is 11.6 Å². The highest BCUT2D eigenvalue weighted by Crippen LogP contribution is 2.20. The molecule has 3 N–H and O–H groups in total. The monoisotopic (exact) mass is 386 g/mol. The van der Waals surface area contributed by atoms with Crippen molar-refractivity contribution in [2.45, 2.75) is 18.6 Å². The fourth-order valence-electron chi connectivity index (χ4n) is 2.87. The molecule has 0 saturated heterocycles. The number of fused-ring (bicyclic) bond motifs is 1. The van der Waals surface area contributed by atoms with E-state index in [9.17, 15) is 14.7 Å². The molecule has 1 heterocycles. The number of H-pyrrole nitrogens is 1. The number of nitrogens with one attached hydrogen (secondary N) is 2. The number of benzene rings is 2.